The first-order valence-electron chi connectivity index (χ1n) is 16.4. The number of hydrogen-bond acceptors (Lipinski definition) is 7. The number of aromatic amines is 1. The van der Waals surface area contributed by atoms with Crippen LogP contribution in [0, 0.1) is 25.2 Å². The van der Waals surface area contributed by atoms with E-state index in [-0.39, 0.29) is 18.0 Å². The maximum Gasteiger partial charge on any atom is 0.238 e. The second-order valence-corrected chi connectivity index (χ2v) is 14.1. The lowest BCUT2D eigenvalue weighted by molar-refractivity contribution is -0.133. The van der Waals surface area contributed by atoms with Crippen LogP contribution in [0.15, 0.2) is 18.2 Å². The van der Waals surface area contributed by atoms with Crippen molar-refractivity contribution in [3.05, 3.63) is 34.9 Å². The fraction of sp³-hybridized carbons (Fsp3) is 0.676. The second-order valence-electron chi connectivity index (χ2n) is 14.1. The average Bonchev–Trinajstić information content (AvgIpc) is 3.80. The molecule has 234 valence electrons. The molecule has 6 rings (SSSR count). The number of hydrogen-bond donors (Lipinski definition) is 1. The van der Waals surface area contributed by atoms with Crippen molar-refractivity contribution in [3.63, 3.8) is 0 Å². The minimum absolute atomic E-state index is 0.0376. The lowest BCUT2D eigenvalue weighted by atomic mass is 9.81. The summed E-state index contributed by atoms with van der Waals surface area (Å²) < 4.78 is 6.51. The van der Waals surface area contributed by atoms with Crippen LogP contribution < -0.4 is 4.74 Å². The SMILES string of the molecule is Cc1cc(C)cc(-c2[nH]nc(OCC(C)(C)C(=O)C3C4CCN3CC4)c2C(C)N2CCN(CC(=O)N3CCCC3)CC2)c1. The predicted molar refractivity (Wildman–Crippen MR) is 168 cm³/mol. The normalized spacial score (nSPS) is 25.4. The molecule has 9 nitrogen and oxygen atoms in total. The van der Waals surface area contributed by atoms with Crippen LogP contribution >= 0.6 is 0 Å². The van der Waals surface area contributed by atoms with E-state index < -0.39 is 5.41 Å². The van der Waals surface area contributed by atoms with Gasteiger partial charge in [0.1, 0.15) is 6.61 Å². The molecule has 4 aliphatic rings. The minimum atomic E-state index is -0.608. The third-order valence-corrected chi connectivity index (χ3v) is 10.4. The topological polar surface area (TPSA) is 85.0 Å². The lowest BCUT2D eigenvalue weighted by Crippen LogP contribution is -2.50. The van der Waals surface area contributed by atoms with Crippen molar-refractivity contribution in [2.75, 3.05) is 65.5 Å². The molecule has 0 saturated carbocycles. The Labute approximate surface area is 256 Å². The van der Waals surface area contributed by atoms with Crippen LogP contribution in [-0.4, -0.2) is 113 Å². The van der Waals surface area contributed by atoms with Gasteiger partial charge in [0.25, 0.3) is 0 Å². The molecule has 1 aromatic carbocycles. The molecule has 2 bridgehead atoms. The van der Waals surface area contributed by atoms with Crippen molar-refractivity contribution >= 4 is 11.7 Å². The van der Waals surface area contributed by atoms with E-state index in [2.05, 4.69) is 58.8 Å². The highest BCUT2D eigenvalue weighted by atomic mass is 16.5. The first-order chi connectivity index (χ1) is 20.6. The number of ketones is 1. The Morgan fingerprint density at radius 3 is 2.23 bits per heavy atom. The van der Waals surface area contributed by atoms with Gasteiger partial charge in [-0.05, 0) is 91.4 Å². The smallest absolute Gasteiger partial charge is 0.238 e. The van der Waals surface area contributed by atoms with Crippen LogP contribution in [-0.2, 0) is 9.59 Å². The van der Waals surface area contributed by atoms with Crippen LogP contribution in [0.2, 0.25) is 0 Å². The number of nitrogens with zero attached hydrogens (tertiary/aromatic N) is 5. The number of nitrogens with one attached hydrogen (secondary N) is 1. The van der Waals surface area contributed by atoms with E-state index in [0.29, 0.717) is 30.7 Å². The zero-order chi connectivity index (χ0) is 30.3. The zero-order valence-corrected chi connectivity index (χ0v) is 26.8. The molecule has 1 aromatic heterocycles. The van der Waals surface area contributed by atoms with Crippen molar-refractivity contribution in [1.82, 2.24) is 29.8 Å². The zero-order valence-electron chi connectivity index (χ0n) is 26.8. The fourth-order valence-corrected chi connectivity index (χ4v) is 7.83. The third-order valence-electron chi connectivity index (χ3n) is 10.4. The van der Waals surface area contributed by atoms with Crippen LogP contribution in [0.4, 0.5) is 0 Å². The Morgan fingerprint density at radius 1 is 0.977 bits per heavy atom. The quantitative estimate of drug-likeness (QED) is 0.447. The summed E-state index contributed by atoms with van der Waals surface area (Å²) in [7, 11) is 0. The number of carbonyl (C=O) groups excluding carboxylic acids is 2. The number of piperidine rings is 1. The van der Waals surface area contributed by atoms with E-state index in [1.807, 2.05) is 18.7 Å². The Kier molecular flexibility index (Phi) is 8.68. The molecule has 5 heterocycles. The predicted octanol–water partition coefficient (Wildman–Crippen LogP) is 4.06. The number of ether oxygens (including phenoxy) is 1. The number of likely N-dealkylation sites (tertiary alicyclic amines) is 1. The number of carbonyl (C=O) groups is 2. The molecule has 2 aromatic rings. The number of aryl methyl sites for hydroxylation is 2. The summed E-state index contributed by atoms with van der Waals surface area (Å²) >= 11 is 0. The van der Waals surface area contributed by atoms with Crippen molar-refractivity contribution < 1.29 is 14.3 Å². The van der Waals surface area contributed by atoms with Gasteiger partial charge < -0.3 is 9.64 Å². The van der Waals surface area contributed by atoms with E-state index in [1.54, 1.807) is 0 Å². The number of rotatable bonds is 10. The number of H-pyrrole nitrogens is 1. The van der Waals surface area contributed by atoms with E-state index in [0.717, 1.165) is 94.9 Å². The highest BCUT2D eigenvalue weighted by Gasteiger charge is 2.48. The summed E-state index contributed by atoms with van der Waals surface area (Å²) in [6.07, 6.45) is 4.51. The molecule has 0 radical (unpaired) electrons. The van der Waals surface area contributed by atoms with E-state index in [1.165, 1.54) is 11.1 Å². The fourth-order valence-electron chi connectivity index (χ4n) is 7.83. The van der Waals surface area contributed by atoms with Crippen LogP contribution in [0.3, 0.4) is 0 Å². The number of aromatic nitrogens is 2. The molecular weight excluding hydrogens is 540 g/mol. The van der Waals surface area contributed by atoms with Gasteiger partial charge in [-0.3, -0.25) is 29.4 Å². The van der Waals surface area contributed by atoms with E-state index in [4.69, 9.17) is 9.84 Å². The van der Waals surface area contributed by atoms with Crippen molar-refractivity contribution in [2.24, 2.45) is 11.3 Å². The van der Waals surface area contributed by atoms with Gasteiger partial charge >= 0.3 is 0 Å². The molecule has 0 aliphatic carbocycles. The van der Waals surface area contributed by atoms with Gasteiger partial charge in [-0.1, -0.05) is 17.2 Å². The number of benzene rings is 1. The van der Waals surface area contributed by atoms with Crippen molar-refractivity contribution in [3.8, 4) is 17.1 Å². The molecule has 1 amide bonds. The largest absolute Gasteiger partial charge is 0.475 e. The summed E-state index contributed by atoms with van der Waals surface area (Å²) in [5.41, 5.74) is 4.92. The Morgan fingerprint density at radius 2 is 1.63 bits per heavy atom. The maximum atomic E-state index is 13.7. The molecule has 43 heavy (non-hydrogen) atoms. The second kappa shape index (κ2) is 12.3. The molecule has 4 aliphatic heterocycles. The first kappa shape index (κ1) is 30.3. The molecule has 4 fully saturated rings. The Balaban J connectivity index is 1.19. The summed E-state index contributed by atoms with van der Waals surface area (Å²) in [5.74, 6) is 1.64. The van der Waals surface area contributed by atoms with Crippen LogP contribution in [0.5, 0.6) is 5.88 Å². The summed E-state index contributed by atoms with van der Waals surface area (Å²) in [6.45, 7) is 18.7. The molecule has 4 saturated heterocycles. The van der Waals surface area contributed by atoms with Gasteiger partial charge in [-0.2, -0.15) is 0 Å². The third kappa shape index (κ3) is 6.26. The van der Waals surface area contributed by atoms with Crippen LogP contribution in [0.1, 0.15) is 69.2 Å². The van der Waals surface area contributed by atoms with Crippen molar-refractivity contribution in [2.45, 2.75) is 72.4 Å². The van der Waals surface area contributed by atoms with Gasteiger partial charge in [-0.15, -0.1) is 5.10 Å². The first-order valence-corrected chi connectivity index (χ1v) is 16.4. The number of amides is 1. The monoisotopic (exact) mass is 590 g/mol. The molecule has 2 unspecified atom stereocenters. The number of piperazine rings is 1. The summed E-state index contributed by atoms with van der Waals surface area (Å²) in [6, 6.07) is 6.66. The molecule has 2 atom stereocenters. The van der Waals surface area contributed by atoms with Gasteiger partial charge in [0.2, 0.25) is 11.8 Å². The molecule has 0 spiro atoms. The lowest BCUT2D eigenvalue weighted by Gasteiger charge is -2.38. The average molecular weight is 591 g/mol. The summed E-state index contributed by atoms with van der Waals surface area (Å²) in [5, 5.41) is 8.03. The van der Waals surface area contributed by atoms with Gasteiger partial charge in [-0.25, -0.2) is 0 Å². The highest BCUT2D eigenvalue weighted by molar-refractivity contribution is 5.90. The maximum absolute atomic E-state index is 13.7. The summed E-state index contributed by atoms with van der Waals surface area (Å²) in [4.78, 5) is 35.6. The van der Waals surface area contributed by atoms with Gasteiger partial charge in [0.15, 0.2) is 5.78 Å². The Bertz CT molecular complexity index is 1280. The number of fused-ring (bicyclic) bond motifs is 2. The van der Waals surface area contributed by atoms with Gasteiger partial charge in [0, 0.05) is 50.9 Å². The Hall–Kier alpha value is -2.75. The van der Waals surface area contributed by atoms with E-state index >= 15 is 0 Å². The molecular formula is C34H50N6O3. The van der Waals surface area contributed by atoms with Gasteiger partial charge in [0.05, 0.1) is 29.3 Å². The van der Waals surface area contributed by atoms with Crippen LogP contribution in [0.25, 0.3) is 11.3 Å². The molecule has 9 heteroatoms. The van der Waals surface area contributed by atoms with Crippen molar-refractivity contribution in [1.29, 1.82) is 0 Å². The minimum Gasteiger partial charge on any atom is -0.475 e. The standard InChI is InChI=1S/C34H50N6O3/c1-23-18-24(2)20-27(19-23)30-29(25(3)38-16-14-37(15-17-38)21-28(41)39-10-6-7-11-39)33(36-35-30)43-22-34(4,5)32(42)31-26-8-12-40(31)13-9-26/h18-20,25-26,31H,6-17,21-22H2,1-5H3,(H,35,36). The van der Waals surface area contributed by atoms with E-state index in [9.17, 15) is 9.59 Å². The molecule has 1 N–H and O–H groups in total. The number of Topliss-reactive ketones (excluding diaryl/α,β-unsaturated/α-hetero) is 1. The highest BCUT2D eigenvalue weighted by Crippen LogP contribution is 2.40.